The van der Waals surface area contributed by atoms with Gasteiger partial charge >= 0.3 is 5.69 Å². The summed E-state index contributed by atoms with van der Waals surface area (Å²) >= 11 is 0. The molecule has 0 unspecified atom stereocenters. The molecule has 1 aromatic rings. The molecule has 10 heteroatoms. The average molecular weight is 339 g/mol. The van der Waals surface area contributed by atoms with E-state index in [1.54, 1.807) is 0 Å². The molecule has 10 nitrogen and oxygen atoms in total. The van der Waals surface area contributed by atoms with Gasteiger partial charge in [-0.25, -0.2) is 0 Å². The van der Waals surface area contributed by atoms with Gasteiger partial charge in [-0.2, -0.15) is 0 Å². The third kappa shape index (κ3) is 2.28. The minimum Gasteiger partial charge on any atom is -0.504 e. The SMILES string of the molecule is CCOC1=C(OCC)C(=O)c2c(O)c([N+](=O)[O-])c(O)c(O)c2C1=O. The van der Waals surface area contributed by atoms with Crippen molar-refractivity contribution in [3.63, 3.8) is 0 Å². The van der Waals surface area contributed by atoms with E-state index in [-0.39, 0.29) is 13.2 Å². The number of nitro groups is 1. The number of ether oxygens (including phenoxy) is 2. The Labute approximate surface area is 134 Å². The largest absolute Gasteiger partial charge is 0.504 e. The first-order chi connectivity index (χ1) is 11.3. The summed E-state index contributed by atoms with van der Waals surface area (Å²) in [6, 6.07) is 0. The quantitative estimate of drug-likeness (QED) is 0.312. The van der Waals surface area contributed by atoms with Gasteiger partial charge in [-0.15, -0.1) is 0 Å². The van der Waals surface area contributed by atoms with Crippen molar-refractivity contribution in [1.29, 1.82) is 0 Å². The fourth-order valence-electron chi connectivity index (χ4n) is 2.30. The fraction of sp³-hybridized carbons (Fsp3) is 0.286. The number of hydrogen-bond donors (Lipinski definition) is 3. The van der Waals surface area contributed by atoms with Gasteiger partial charge in [0.05, 0.1) is 29.3 Å². The van der Waals surface area contributed by atoms with Gasteiger partial charge in [-0.05, 0) is 13.8 Å². The van der Waals surface area contributed by atoms with E-state index in [0.717, 1.165) is 0 Å². The van der Waals surface area contributed by atoms with Crippen molar-refractivity contribution in [2.45, 2.75) is 13.8 Å². The van der Waals surface area contributed by atoms with E-state index >= 15 is 0 Å². The second-order valence-electron chi connectivity index (χ2n) is 4.58. The van der Waals surface area contributed by atoms with Crippen LogP contribution in [0.3, 0.4) is 0 Å². The number of carbonyl (C=O) groups excluding carboxylic acids is 2. The van der Waals surface area contributed by atoms with Crippen molar-refractivity contribution >= 4 is 17.3 Å². The van der Waals surface area contributed by atoms with Gasteiger partial charge in [0.25, 0.3) is 0 Å². The van der Waals surface area contributed by atoms with Crippen LogP contribution < -0.4 is 0 Å². The Morgan fingerprint density at radius 2 is 1.29 bits per heavy atom. The van der Waals surface area contributed by atoms with Crippen LogP contribution in [0.25, 0.3) is 0 Å². The van der Waals surface area contributed by atoms with E-state index in [1.165, 1.54) is 13.8 Å². The third-order valence-electron chi connectivity index (χ3n) is 3.23. The number of allylic oxidation sites excluding steroid dienone is 2. The zero-order chi connectivity index (χ0) is 18.2. The number of Topliss-reactive ketones (excluding diaryl/α,β-unsaturated/α-hetero) is 2. The number of aromatic hydroxyl groups is 3. The molecule has 0 amide bonds. The van der Waals surface area contributed by atoms with Crippen molar-refractivity contribution in [1.82, 2.24) is 0 Å². The molecule has 1 aromatic carbocycles. The van der Waals surface area contributed by atoms with Crippen molar-refractivity contribution in [3.05, 3.63) is 32.8 Å². The van der Waals surface area contributed by atoms with Crippen LogP contribution in [0.15, 0.2) is 11.5 Å². The summed E-state index contributed by atoms with van der Waals surface area (Å²) in [5.74, 6) is -6.94. The molecule has 2 rings (SSSR count). The predicted octanol–water partition coefficient (Wildman–Crippen LogP) is 1.38. The molecule has 0 spiro atoms. The summed E-state index contributed by atoms with van der Waals surface area (Å²) < 4.78 is 10.1. The lowest BCUT2D eigenvalue weighted by molar-refractivity contribution is -0.387. The van der Waals surface area contributed by atoms with Crippen molar-refractivity contribution in [2.24, 2.45) is 0 Å². The highest BCUT2D eigenvalue weighted by Crippen LogP contribution is 2.50. The molecule has 0 saturated carbocycles. The Balaban J connectivity index is 2.87. The van der Waals surface area contributed by atoms with E-state index in [0.29, 0.717) is 0 Å². The van der Waals surface area contributed by atoms with Gasteiger partial charge in [0.15, 0.2) is 5.75 Å². The van der Waals surface area contributed by atoms with Crippen LogP contribution in [-0.4, -0.2) is 45.0 Å². The lowest BCUT2D eigenvalue weighted by Gasteiger charge is -2.22. The van der Waals surface area contributed by atoms with E-state index in [2.05, 4.69) is 0 Å². The lowest BCUT2D eigenvalue weighted by Crippen LogP contribution is -2.26. The average Bonchev–Trinajstić information content (AvgIpc) is 2.51. The maximum Gasteiger partial charge on any atom is 0.356 e. The molecule has 0 radical (unpaired) electrons. The number of hydrogen-bond acceptors (Lipinski definition) is 9. The molecule has 0 atom stereocenters. The number of benzene rings is 1. The molecule has 0 saturated heterocycles. The Hall–Kier alpha value is -3.30. The Morgan fingerprint density at radius 1 is 0.875 bits per heavy atom. The normalized spacial score (nSPS) is 13.8. The van der Waals surface area contributed by atoms with E-state index in [4.69, 9.17) is 9.47 Å². The number of ketones is 2. The number of nitro benzene ring substituents is 1. The summed E-state index contributed by atoms with van der Waals surface area (Å²) in [6.45, 7) is 3.04. The first-order valence-corrected chi connectivity index (χ1v) is 6.82. The first-order valence-electron chi connectivity index (χ1n) is 6.82. The van der Waals surface area contributed by atoms with Crippen molar-refractivity contribution in [3.8, 4) is 17.2 Å². The van der Waals surface area contributed by atoms with Crippen LogP contribution >= 0.6 is 0 Å². The van der Waals surface area contributed by atoms with Crippen LogP contribution in [0.2, 0.25) is 0 Å². The molecular weight excluding hydrogens is 326 g/mol. The van der Waals surface area contributed by atoms with E-state index in [1.807, 2.05) is 0 Å². The molecule has 0 heterocycles. The van der Waals surface area contributed by atoms with Gasteiger partial charge < -0.3 is 24.8 Å². The zero-order valence-electron chi connectivity index (χ0n) is 12.7. The molecule has 0 aliphatic heterocycles. The summed E-state index contributed by atoms with van der Waals surface area (Å²) in [4.78, 5) is 34.7. The van der Waals surface area contributed by atoms with Crippen LogP contribution in [0.1, 0.15) is 34.6 Å². The number of phenolic OH excluding ortho intramolecular Hbond substituents is 3. The van der Waals surface area contributed by atoms with E-state index < -0.39 is 62.1 Å². The van der Waals surface area contributed by atoms with Crippen molar-refractivity contribution in [2.75, 3.05) is 13.2 Å². The van der Waals surface area contributed by atoms with Crippen molar-refractivity contribution < 1.29 is 39.3 Å². The van der Waals surface area contributed by atoms with Crippen LogP contribution in [-0.2, 0) is 9.47 Å². The van der Waals surface area contributed by atoms with Gasteiger partial charge in [0.1, 0.15) is 0 Å². The number of carbonyl (C=O) groups is 2. The molecule has 1 aliphatic rings. The zero-order valence-corrected chi connectivity index (χ0v) is 12.7. The summed E-state index contributed by atoms with van der Waals surface area (Å²) in [7, 11) is 0. The minimum atomic E-state index is -1.33. The van der Waals surface area contributed by atoms with Crippen LogP contribution in [0.5, 0.6) is 17.2 Å². The maximum absolute atomic E-state index is 12.5. The first kappa shape index (κ1) is 17.1. The van der Waals surface area contributed by atoms with Gasteiger partial charge in [0.2, 0.25) is 34.6 Å². The highest BCUT2D eigenvalue weighted by molar-refractivity contribution is 6.28. The number of fused-ring (bicyclic) bond motifs is 1. The lowest BCUT2D eigenvalue weighted by atomic mass is 9.89. The Kier molecular flexibility index (Phi) is 4.31. The van der Waals surface area contributed by atoms with Gasteiger partial charge in [-0.3, -0.25) is 19.7 Å². The monoisotopic (exact) mass is 339 g/mol. The summed E-state index contributed by atoms with van der Waals surface area (Å²) in [6.07, 6.45) is 0. The van der Waals surface area contributed by atoms with Gasteiger partial charge in [0, 0.05) is 0 Å². The number of rotatable bonds is 5. The molecule has 3 N–H and O–H groups in total. The number of nitrogens with zero attached hydrogens (tertiary/aromatic N) is 1. The molecule has 128 valence electrons. The molecule has 0 fully saturated rings. The second-order valence-corrected chi connectivity index (χ2v) is 4.58. The number of phenols is 3. The Morgan fingerprint density at radius 3 is 1.67 bits per heavy atom. The molecule has 0 aromatic heterocycles. The van der Waals surface area contributed by atoms with E-state index in [9.17, 15) is 35.0 Å². The predicted molar refractivity (Wildman–Crippen MR) is 77.0 cm³/mol. The fourth-order valence-corrected chi connectivity index (χ4v) is 2.30. The summed E-state index contributed by atoms with van der Waals surface area (Å²) in [5.41, 5.74) is -2.90. The third-order valence-corrected chi connectivity index (χ3v) is 3.23. The molecular formula is C14H13NO9. The molecule has 24 heavy (non-hydrogen) atoms. The minimum absolute atomic E-state index is 0.00797. The summed E-state index contributed by atoms with van der Waals surface area (Å²) in [5, 5.41) is 40.6. The second kappa shape index (κ2) is 6.07. The smallest absolute Gasteiger partial charge is 0.356 e. The maximum atomic E-state index is 12.5. The van der Waals surface area contributed by atoms with Gasteiger partial charge in [-0.1, -0.05) is 0 Å². The molecule has 0 bridgehead atoms. The van der Waals surface area contributed by atoms with Crippen LogP contribution in [0.4, 0.5) is 5.69 Å². The molecule has 1 aliphatic carbocycles. The standard InChI is InChI=1S/C14H13NO9/c1-3-23-13-10(18)5-6(11(19)14(13)24-4-2)9(17)12(20)7(8(5)16)15(21)22/h16-17,20H,3-4H2,1-2H3. The Bertz CT molecular complexity index is 794. The topological polar surface area (TPSA) is 156 Å². The highest BCUT2D eigenvalue weighted by atomic mass is 16.6. The highest BCUT2D eigenvalue weighted by Gasteiger charge is 2.44. The van der Waals surface area contributed by atoms with Crippen LogP contribution in [0, 0.1) is 10.1 Å².